The molecule has 77 heavy (non-hydrogen) atoms. The maximum Gasteiger partial charge on any atom is 0.165 e. The van der Waals surface area contributed by atoms with Crippen molar-refractivity contribution in [2.75, 3.05) is 0 Å². The predicted molar refractivity (Wildman–Crippen MR) is 319 cm³/mol. The van der Waals surface area contributed by atoms with Crippen molar-refractivity contribution in [1.82, 2.24) is 24.1 Å². The van der Waals surface area contributed by atoms with Crippen molar-refractivity contribution in [3.63, 3.8) is 0 Å². The minimum atomic E-state index is -0.0814. The normalized spacial score (nSPS) is 14.7. The van der Waals surface area contributed by atoms with Crippen LogP contribution in [0.15, 0.2) is 260 Å². The number of hydrogen-bond acceptors (Lipinski definition) is 3. The molecule has 13 aromatic rings. The van der Waals surface area contributed by atoms with E-state index in [2.05, 4.69) is 278 Å². The molecule has 0 aliphatic heterocycles. The summed E-state index contributed by atoms with van der Waals surface area (Å²) in [6.07, 6.45) is 5.66. The predicted octanol–water partition coefficient (Wildman–Crippen LogP) is 18.2. The van der Waals surface area contributed by atoms with Gasteiger partial charge in [0.15, 0.2) is 11.6 Å². The van der Waals surface area contributed by atoms with E-state index in [1.807, 2.05) is 0 Å². The zero-order chi connectivity index (χ0) is 51.2. The number of aromatic nitrogens is 5. The second-order valence-electron chi connectivity index (χ2n) is 21.0. The zero-order valence-corrected chi connectivity index (χ0v) is 42.8. The number of allylic oxidation sites excluding steroid dienone is 4. The van der Waals surface area contributed by atoms with Gasteiger partial charge in [-0.1, -0.05) is 214 Å². The molecule has 15 rings (SSSR count). The molecule has 0 saturated carbocycles. The SMILES string of the molecule is CC1(C)C2=CCC(c3nc(-c4cccc(-c5ccccc5)c4)nc(-c4ccccc4-n4c5ccccc5c5c(-c6cccc7c6c6ccc(-c8ccccc8)cc6n7-c6ccccc6)cccc54)n3)C=C2c2ccccc21. The van der Waals surface area contributed by atoms with Gasteiger partial charge in [0.05, 0.1) is 27.8 Å². The summed E-state index contributed by atoms with van der Waals surface area (Å²) < 4.78 is 4.86. The third-order valence-electron chi connectivity index (χ3n) is 16.3. The van der Waals surface area contributed by atoms with Gasteiger partial charge in [-0.2, -0.15) is 0 Å². The maximum atomic E-state index is 5.54. The van der Waals surface area contributed by atoms with Crippen LogP contribution in [-0.4, -0.2) is 24.1 Å². The summed E-state index contributed by atoms with van der Waals surface area (Å²) in [6, 6.07) is 87.5. The number of fused-ring (bicyclic) bond motifs is 9. The number of para-hydroxylation sites is 3. The molecule has 0 bridgehead atoms. The Morgan fingerprint density at radius 2 is 0.948 bits per heavy atom. The number of nitrogens with zero attached hydrogens (tertiary/aromatic N) is 5. The average molecular weight is 986 g/mol. The highest BCUT2D eigenvalue weighted by Crippen LogP contribution is 2.53. The highest BCUT2D eigenvalue weighted by molar-refractivity contribution is 6.22. The van der Waals surface area contributed by atoms with Gasteiger partial charge >= 0.3 is 0 Å². The molecule has 10 aromatic carbocycles. The van der Waals surface area contributed by atoms with Crippen molar-refractivity contribution in [2.45, 2.75) is 31.6 Å². The Labute approximate surface area is 447 Å². The van der Waals surface area contributed by atoms with E-state index >= 15 is 0 Å². The number of benzene rings is 10. The van der Waals surface area contributed by atoms with Gasteiger partial charge in [-0.25, -0.2) is 15.0 Å². The van der Waals surface area contributed by atoms with Crippen LogP contribution in [-0.2, 0) is 5.41 Å². The third kappa shape index (κ3) is 7.18. The van der Waals surface area contributed by atoms with E-state index in [4.69, 9.17) is 15.0 Å². The van der Waals surface area contributed by atoms with Crippen LogP contribution < -0.4 is 0 Å². The molecule has 364 valence electrons. The molecule has 0 N–H and O–H groups in total. The molecule has 2 aliphatic rings. The highest BCUT2D eigenvalue weighted by Gasteiger charge is 2.40. The van der Waals surface area contributed by atoms with Crippen LogP contribution >= 0.6 is 0 Å². The minimum absolute atomic E-state index is 0.0584. The van der Waals surface area contributed by atoms with E-state index < -0.39 is 0 Å². The van der Waals surface area contributed by atoms with Gasteiger partial charge in [0.25, 0.3) is 0 Å². The second-order valence-corrected chi connectivity index (χ2v) is 21.0. The van der Waals surface area contributed by atoms with Crippen molar-refractivity contribution in [3.8, 4) is 67.5 Å². The number of hydrogen-bond donors (Lipinski definition) is 0. The lowest BCUT2D eigenvalue weighted by molar-refractivity contribution is 0.647. The molecule has 0 spiro atoms. The lowest BCUT2D eigenvalue weighted by atomic mass is 9.79. The van der Waals surface area contributed by atoms with Gasteiger partial charge in [-0.3, -0.25) is 0 Å². The first-order valence-corrected chi connectivity index (χ1v) is 26.7. The molecule has 3 heterocycles. The fourth-order valence-electron chi connectivity index (χ4n) is 12.7. The highest BCUT2D eigenvalue weighted by atomic mass is 15.1. The molecule has 5 nitrogen and oxygen atoms in total. The second kappa shape index (κ2) is 17.7. The molecule has 1 atom stereocenters. The van der Waals surface area contributed by atoms with Gasteiger partial charge in [0.2, 0.25) is 0 Å². The fourth-order valence-corrected chi connectivity index (χ4v) is 12.7. The van der Waals surface area contributed by atoms with Crippen molar-refractivity contribution in [1.29, 1.82) is 0 Å². The minimum Gasteiger partial charge on any atom is -0.309 e. The van der Waals surface area contributed by atoms with Gasteiger partial charge in [0.1, 0.15) is 5.82 Å². The van der Waals surface area contributed by atoms with Crippen LogP contribution in [0.25, 0.3) is 117 Å². The molecule has 0 radical (unpaired) electrons. The first-order chi connectivity index (χ1) is 38.0. The van der Waals surface area contributed by atoms with Gasteiger partial charge < -0.3 is 9.13 Å². The average Bonchev–Trinajstić information content (AvgIpc) is 4.14. The Balaban J connectivity index is 0.934. The maximum absolute atomic E-state index is 5.54. The smallest absolute Gasteiger partial charge is 0.165 e. The Morgan fingerprint density at radius 3 is 1.70 bits per heavy atom. The molecular weight excluding hydrogens is 935 g/mol. The Morgan fingerprint density at radius 1 is 0.403 bits per heavy atom. The van der Waals surface area contributed by atoms with Crippen LogP contribution in [0.1, 0.15) is 43.1 Å². The Hall–Kier alpha value is -9.71. The monoisotopic (exact) mass is 985 g/mol. The first-order valence-electron chi connectivity index (χ1n) is 26.7. The lowest BCUT2D eigenvalue weighted by Gasteiger charge is -2.25. The van der Waals surface area contributed by atoms with Crippen LogP contribution in [0, 0.1) is 0 Å². The third-order valence-corrected chi connectivity index (χ3v) is 16.3. The molecule has 0 amide bonds. The molecule has 2 aliphatic carbocycles. The summed E-state index contributed by atoms with van der Waals surface area (Å²) in [5.41, 5.74) is 20.8. The Kier molecular flexibility index (Phi) is 10.3. The fraction of sp³-hybridized carbons (Fsp3) is 0.0694. The largest absolute Gasteiger partial charge is 0.309 e. The van der Waals surface area contributed by atoms with Gasteiger partial charge in [-0.15, -0.1) is 0 Å². The van der Waals surface area contributed by atoms with E-state index in [0.717, 1.165) is 62.4 Å². The Bertz CT molecular complexity index is 4560. The van der Waals surface area contributed by atoms with Crippen molar-refractivity contribution in [3.05, 3.63) is 277 Å². The topological polar surface area (TPSA) is 48.5 Å². The standard InChI is InChI=1S/C72H51N5/c1-72(2)60-34-15-12-29-53(60)59-44-51(40-42-61(59)72)70-73-69(50-26-18-25-48(43-50)46-21-6-3-7-22-46)74-71(75-70)58-31-14-17-36-63(58)77-62-35-16-13-30-56(62)67-54(33-20-38-65(67)77)55-32-19-37-64-68(55)57-41-39-49(47-23-8-4-9-24-47)45-66(57)76(64)52-27-10-5-11-28-52/h3-39,41-45,51H,40H2,1-2H3. The summed E-state index contributed by atoms with van der Waals surface area (Å²) in [5.74, 6) is 2.00. The summed E-state index contributed by atoms with van der Waals surface area (Å²) in [4.78, 5) is 16.4. The number of rotatable bonds is 8. The van der Waals surface area contributed by atoms with E-state index in [1.165, 1.54) is 71.6 Å². The molecule has 0 saturated heterocycles. The van der Waals surface area contributed by atoms with Gasteiger partial charge in [0, 0.05) is 49.7 Å². The molecule has 0 fully saturated rings. The van der Waals surface area contributed by atoms with Crippen LogP contribution in [0.3, 0.4) is 0 Å². The molecule has 1 unspecified atom stereocenters. The van der Waals surface area contributed by atoms with E-state index in [0.29, 0.717) is 11.6 Å². The van der Waals surface area contributed by atoms with E-state index in [-0.39, 0.29) is 11.3 Å². The molecule has 5 heteroatoms. The summed E-state index contributed by atoms with van der Waals surface area (Å²) in [6.45, 7) is 4.69. The quantitative estimate of drug-likeness (QED) is 0.152. The van der Waals surface area contributed by atoms with Crippen LogP contribution in [0.4, 0.5) is 0 Å². The van der Waals surface area contributed by atoms with Crippen molar-refractivity contribution in [2.24, 2.45) is 0 Å². The van der Waals surface area contributed by atoms with Crippen LogP contribution in [0.5, 0.6) is 0 Å². The lowest BCUT2D eigenvalue weighted by Crippen LogP contribution is -2.17. The van der Waals surface area contributed by atoms with Crippen molar-refractivity contribution >= 4 is 49.2 Å². The summed E-state index contributed by atoms with van der Waals surface area (Å²) in [5, 5.41) is 4.80. The van der Waals surface area contributed by atoms with Crippen molar-refractivity contribution < 1.29 is 0 Å². The summed E-state index contributed by atoms with van der Waals surface area (Å²) in [7, 11) is 0. The summed E-state index contributed by atoms with van der Waals surface area (Å²) >= 11 is 0. The molecular formula is C72H51N5. The van der Waals surface area contributed by atoms with Crippen LogP contribution in [0.2, 0.25) is 0 Å². The zero-order valence-electron chi connectivity index (χ0n) is 42.8. The van der Waals surface area contributed by atoms with E-state index in [1.54, 1.807) is 0 Å². The van der Waals surface area contributed by atoms with E-state index in [9.17, 15) is 0 Å². The first kappa shape index (κ1) is 44.7. The molecule has 3 aromatic heterocycles. The van der Waals surface area contributed by atoms with Gasteiger partial charge in [-0.05, 0) is 117 Å².